The first-order valence-electron chi connectivity index (χ1n) is 3.92. The van der Waals surface area contributed by atoms with Gasteiger partial charge < -0.3 is 5.73 Å². The van der Waals surface area contributed by atoms with E-state index < -0.39 is 15.7 Å². The second-order valence-corrected chi connectivity index (χ2v) is 4.12. The normalized spacial score (nSPS) is 11.7. The molecule has 0 aliphatic carbocycles. The fourth-order valence-corrected chi connectivity index (χ4v) is 1.76. The Morgan fingerprint density at radius 2 is 2.27 bits per heavy atom. The highest BCUT2D eigenvalue weighted by atomic mass is 32.2. The maximum Gasteiger partial charge on any atom is 0.293 e. The lowest BCUT2D eigenvalue weighted by Gasteiger charge is -2.00. The fraction of sp³-hybridized carbons (Fsp3) is 0.111. The molecule has 0 heterocycles. The molecule has 0 spiro atoms. The van der Waals surface area contributed by atoms with Crippen molar-refractivity contribution in [1.29, 1.82) is 0 Å². The summed E-state index contributed by atoms with van der Waals surface area (Å²) in [7, 11) is -1.41. The van der Waals surface area contributed by atoms with Crippen LogP contribution in [0.1, 0.15) is 0 Å². The summed E-state index contributed by atoms with van der Waals surface area (Å²) in [4.78, 5) is 10.2. The van der Waals surface area contributed by atoms with Crippen LogP contribution < -0.4 is 5.73 Å². The van der Waals surface area contributed by atoms with Crippen LogP contribution in [0.25, 0.3) is 0 Å². The van der Waals surface area contributed by atoms with Gasteiger partial charge in [0.1, 0.15) is 5.69 Å². The van der Waals surface area contributed by atoms with E-state index in [0.717, 1.165) is 0 Å². The molecule has 0 amide bonds. The smallest absolute Gasteiger partial charge is 0.293 e. The Kier molecular flexibility index (Phi) is 3.42. The standard InChI is InChI=1S/C9H8N2O3S/c1-2-5-15(14)7-3-4-8(10)9(6-7)11(12)13/h1,3-4,6H,5,10H2. The number of nitrogens with two attached hydrogens (primary N) is 1. The molecule has 0 aliphatic rings. The summed E-state index contributed by atoms with van der Waals surface area (Å²) in [6.07, 6.45) is 4.99. The topological polar surface area (TPSA) is 86.2 Å². The van der Waals surface area contributed by atoms with Gasteiger partial charge in [-0.3, -0.25) is 14.3 Å². The summed E-state index contributed by atoms with van der Waals surface area (Å²) in [5.74, 6) is 2.26. The van der Waals surface area contributed by atoms with Crippen molar-refractivity contribution in [3.05, 3.63) is 28.3 Å². The minimum Gasteiger partial charge on any atom is -0.393 e. The number of nitrogens with zero attached hydrogens (tertiary/aromatic N) is 1. The molecule has 15 heavy (non-hydrogen) atoms. The van der Waals surface area contributed by atoms with Crippen LogP contribution in [0.5, 0.6) is 0 Å². The number of anilines is 1. The minimum atomic E-state index is -1.41. The zero-order valence-corrected chi connectivity index (χ0v) is 8.49. The molecule has 0 radical (unpaired) electrons. The molecule has 0 saturated carbocycles. The van der Waals surface area contributed by atoms with Crippen molar-refractivity contribution in [3.63, 3.8) is 0 Å². The highest BCUT2D eigenvalue weighted by Gasteiger charge is 2.14. The predicted molar refractivity (Wildman–Crippen MR) is 57.6 cm³/mol. The lowest BCUT2D eigenvalue weighted by atomic mass is 10.3. The van der Waals surface area contributed by atoms with Gasteiger partial charge >= 0.3 is 0 Å². The van der Waals surface area contributed by atoms with E-state index in [9.17, 15) is 14.3 Å². The molecule has 1 unspecified atom stereocenters. The van der Waals surface area contributed by atoms with Crippen LogP contribution in [0.3, 0.4) is 0 Å². The van der Waals surface area contributed by atoms with Crippen molar-refractivity contribution in [2.45, 2.75) is 4.90 Å². The first-order valence-corrected chi connectivity index (χ1v) is 5.24. The molecule has 0 saturated heterocycles. The van der Waals surface area contributed by atoms with Crippen molar-refractivity contribution < 1.29 is 9.13 Å². The van der Waals surface area contributed by atoms with E-state index in [4.69, 9.17) is 12.2 Å². The Morgan fingerprint density at radius 3 is 2.80 bits per heavy atom. The number of hydrogen-bond donors (Lipinski definition) is 1. The van der Waals surface area contributed by atoms with Crippen molar-refractivity contribution in [1.82, 2.24) is 0 Å². The van der Waals surface area contributed by atoms with Gasteiger partial charge in [-0.25, -0.2) is 0 Å². The van der Waals surface area contributed by atoms with Crippen LogP contribution in [-0.2, 0) is 10.8 Å². The Bertz CT molecular complexity index is 465. The molecule has 5 nitrogen and oxygen atoms in total. The molecule has 78 valence electrons. The van der Waals surface area contributed by atoms with Crippen LogP contribution in [0.4, 0.5) is 11.4 Å². The Hall–Kier alpha value is -1.87. The number of nitro groups is 1. The van der Waals surface area contributed by atoms with E-state index >= 15 is 0 Å². The van der Waals surface area contributed by atoms with Gasteiger partial charge in [0.05, 0.1) is 21.5 Å². The molecule has 0 bridgehead atoms. The largest absolute Gasteiger partial charge is 0.393 e. The molecule has 1 rings (SSSR count). The molecular formula is C9H8N2O3S. The number of nitrogen functional groups attached to an aromatic ring is 1. The molecule has 6 heteroatoms. The number of benzene rings is 1. The van der Waals surface area contributed by atoms with E-state index in [-0.39, 0.29) is 17.1 Å². The van der Waals surface area contributed by atoms with Gasteiger partial charge in [-0.15, -0.1) is 6.42 Å². The Labute approximate surface area is 88.9 Å². The SMILES string of the molecule is C#CCS(=O)c1ccc(N)c([N+](=O)[O-])c1. The van der Waals surface area contributed by atoms with Crippen LogP contribution in [0, 0.1) is 22.5 Å². The third-order valence-corrected chi connectivity index (χ3v) is 2.88. The first kappa shape index (κ1) is 11.2. The van der Waals surface area contributed by atoms with E-state index in [1.807, 2.05) is 0 Å². The average Bonchev–Trinajstić information content (AvgIpc) is 2.18. The van der Waals surface area contributed by atoms with Gasteiger partial charge in [0.2, 0.25) is 0 Å². The summed E-state index contributed by atoms with van der Waals surface area (Å²) in [5.41, 5.74) is 5.17. The quantitative estimate of drug-likeness (QED) is 0.358. The summed E-state index contributed by atoms with van der Waals surface area (Å²) >= 11 is 0. The van der Waals surface area contributed by atoms with E-state index in [1.54, 1.807) is 0 Å². The molecule has 1 atom stereocenters. The van der Waals surface area contributed by atoms with Gasteiger partial charge in [0, 0.05) is 11.0 Å². The van der Waals surface area contributed by atoms with E-state index in [2.05, 4.69) is 5.92 Å². The van der Waals surface area contributed by atoms with Crippen LogP contribution >= 0.6 is 0 Å². The maximum absolute atomic E-state index is 11.4. The number of hydrogen-bond acceptors (Lipinski definition) is 4. The maximum atomic E-state index is 11.4. The highest BCUT2D eigenvalue weighted by molar-refractivity contribution is 7.85. The number of terminal acetylenes is 1. The first-order chi connectivity index (χ1) is 7.06. The summed E-state index contributed by atoms with van der Waals surface area (Å²) in [6, 6.07) is 4.00. The average molecular weight is 224 g/mol. The molecule has 0 fully saturated rings. The summed E-state index contributed by atoms with van der Waals surface area (Å²) in [5, 5.41) is 10.5. The third-order valence-electron chi connectivity index (χ3n) is 1.68. The Balaban J connectivity index is 3.14. The van der Waals surface area contributed by atoms with Crippen LogP contribution in [-0.4, -0.2) is 14.9 Å². The summed E-state index contributed by atoms with van der Waals surface area (Å²) in [6.45, 7) is 0. The van der Waals surface area contributed by atoms with Gasteiger partial charge in [0.15, 0.2) is 0 Å². The molecule has 1 aromatic carbocycles. The predicted octanol–water partition coefficient (Wildman–Crippen LogP) is 0.918. The molecule has 0 aromatic heterocycles. The van der Waals surface area contributed by atoms with Gasteiger partial charge in [-0.1, -0.05) is 5.92 Å². The highest BCUT2D eigenvalue weighted by Crippen LogP contribution is 2.23. The Morgan fingerprint density at radius 1 is 1.60 bits per heavy atom. The fourth-order valence-electron chi connectivity index (χ4n) is 0.982. The number of rotatable bonds is 3. The minimum absolute atomic E-state index is 0.0288. The lowest BCUT2D eigenvalue weighted by molar-refractivity contribution is -0.384. The van der Waals surface area contributed by atoms with Crippen LogP contribution in [0.15, 0.2) is 23.1 Å². The zero-order chi connectivity index (χ0) is 11.4. The van der Waals surface area contributed by atoms with E-state index in [0.29, 0.717) is 4.90 Å². The van der Waals surface area contributed by atoms with Crippen molar-refractivity contribution in [3.8, 4) is 12.3 Å². The molecule has 2 N–H and O–H groups in total. The second kappa shape index (κ2) is 4.57. The van der Waals surface area contributed by atoms with Gasteiger partial charge in [0.25, 0.3) is 5.69 Å². The van der Waals surface area contributed by atoms with Gasteiger partial charge in [-0.05, 0) is 12.1 Å². The summed E-state index contributed by atoms with van der Waals surface area (Å²) < 4.78 is 11.4. The van der Waals surface area contributed by atoms with Crippen molar-refractivity contribution >= 4 is 22.2 Å². The number of nitro benzene ring substituents is 1. The molecule has 0 aliphatic heterocycles. The zero-order valence-electron chi connectivity index (χ0n) is 7.67. The monoisotopic (exact) mass is 224 g/mol. The van der Waals surface area contributed by atoms with Crippen molar-refractivity contribution in [2.24, 2.45) is 0 Å². The third kappa shape index (κ3) is 2.54. The van der Waals surface area contributed by atoms with E-state index in [1.165, 1.54) is 18.2 Å². The van der Waals surface area contributed by atoms with Crippen LogP contribution in [0.2, 0.25) is 0 Å². The second-order valence-electron chi connectivity index (χ2n) is 2.67. The van der Waals surface area contributed by atoms with Crippen molar-refractivity contribution in [2.75, 3.05) is 11.5 Å². The lowest BCUT2D eigenvalue weighted by Crippen LogP contribution is -2.00. The van der Waals surface area contributed by atoms with Gasteiger partial charge in [-0.2, -0.15) is 0 Å². The molecule has 1 aromatic rings. The molecular weight excluding hydrogens is 216 g/mol.